The molecule has 1 aromatic heterocycles. The van der Waals surface area contributed by atoms with Gasteiger partial charge in [0.2, 0.25) is 15.9 Å². The second-order valence-electron chi connectivity index (χ2n) is 6.37. The molecule has 1 aromatic carbocycles. The monoisotopic (exact) mass is 380 g/mol. The Morgan fingerprint density at radius 2 is 2.04 bits per heavy atom. The van der Waals surface area contributed by atoms with Gasteiger partial charge >= 0.3 is 0 Å². The molecule has 0 radical (unpaired) electrons. The summed E-state index contributed by atoms with van der Waals surface area (Å²) in [5, 5.41) is 7.12. The number of sulfonamides is 1. The van der Waals surface area contributed by atoms with Gasteiger partial charge in [-0.05, 0) is 44.5 Å². The average molecular weight is 380 g/mol. The number of amides is 1. The number of hydrogen-bond donors (Lipinski definition) is 1. The van der Waals surface area contributed by atoms with Crippen LogP contribution in [0.25, 0.3) is 5.69 Å². The number of nitrogens with one attached hydrogen (secondary N) is 1. The Balaban J connectivity index is 1.69. The zero-order valence-electron chi connectivity index (χ0n) is 14.6. The molecule has 1 amide bonds. The molecule has 0 aliphatic carbocycles. The lowest BCUT2D eigenvalue weighted by atomic mass is 10.1. The topological polar surface area (TPSA) is 84.3 Å². The maximum absolute atomic E-state index is 13.1. The Morgan fingerprint density at radius 3 is 2.65 bits per heavy atom. The van der Waals surface area contributed by atoms with Crippen LogP contribution in [0.4, 0.5) is 4.39 Å². The van der Waals surface area contributed by atoms with E-state index in [1.807, 2.05) is 13.8 Å². The van der Waals surface area contributed by atoms with Gasteiger partial charge in [0.1, 0.15) is 5.82 Å². The van der Waals surface area contributed by atoms with E-state index in [0.717, 1.165) is 16.9 Å². The summed E-state index contributed by atoms with van der Waals surface area (Å²) in [4.78, 5) is 12.2. The molecule has 3 rings (SSSR count). The van der Waals surface area contributed by atoms with E-state index in [4.69, 9.17) is 0 Å². The van der Waals surface area contributed by atoms with Crippen molar-refractivity contribution in [2.24, 2.45) is 0 Å². The van der Waals surface area contributed by atoms with E-state index in [2.05, 4.69) is 10.4 Å². The van der Waals surface area contributed by atoms with Gasteiger partial charge in [0.25, 0.3) is 0 Å². The van der Waals surface area contributed by atoms with E-state index in [1.54, 1.807) is 23.0 Å². The van der Waals surface area contributed by atoms with Gasteiger partial charge in [0.05, 0.1) is 30.2 Å². The van der Waals surface area contributed by atoms with Gasteiger partial charge in [0, 0.05) is 17.8 Å². The number of carbonyl (C=O) groups excluding carboxylic acids is 1. The standard InChI is InChI=1S/C17H21FN4O3S/c1-12(20-17(23)11-21-8-3-9-26(21,24)25)16-10-19-22(13(16)2)15-6-4-14(18)5-7-15/h4-7,10,12H,3,8-9,11H2,1-2H3,(H,20,23)/t12-/m1/s1. The summed E-state index contributed by atoms with van der Waals surface area (Å²) in [6.07, 6.45) is 2.20. The summed E-state index contributed by atoms with van der Waals surface area (Å²) >= 11 is 0. The van der Waals surface area contributed by atoms with Crippen LogP contribution in [-0.4, -0.2) is 47.3 Å². The molecule has 1 fully saturated rings. The number of halogens is 1. The van der Waals surface area contributed by atoms with Gasteiger partial charge in [-0.15, -0.1) is 0 Å². The van der Waals surface area contributed by atoms with Crippen LogP contribution in [0.15, 0.2) is 30.5 Å². The molecule has 2 aromatic rings. The number of rotatable bonds is 5. The van der Waals surface area contributed by atoms with Crippen LogP contribution >= 0.6 is 0 Å². The van der Waals surface area contributed by atoms with Gasteiger partial charge in [-0.2, -0.15) is 9.40 Å². The summed E-state index contributed by atoms with van der Waals surface area (Å²) in [5.41, 5.74) is 2.35. The van der Waals surface area contributed by atoms with Crippen LogP contribution in [0, 0.1) is 12.7 Å². The molecule has 0 bridgehead atoms. The van der Waals surface area contributed by atoms with E-state index >= 15 is 0 Å². The van der Waals surface area contributed by atoms with Crippen LogP contribution in [0.3, 0.4) is 0 Å². The molecule has 7 nitrogen and oxygen atoms in total. The average Bonchev–Trinajstić information content (AvgIpc) is 3.11. The molecule has 140 valence electrons. The summed E-state index contributed by atoms with van der Waals surface area (Å²) in [5.74, 6) is -0.576. The largest absolute Gasteiger partial charge is 0.348 e. The molecule has 1 saturated heterocycles. The number of benzene rings is 1. The van der Waals surface area contributed by atoms with E-state index in [0.29, 0.717) is 13.0 Å². The van der Waals surface area contributed by atoms with Crippen molar-refractivity contribution in [2.75, 3.05) is 18.8 Å². The molecule has 2 heterocycles. The highest BCUT2D eigenvalue weighted by atomic mass is 32.2. The quantitative estimate of drug-likeness (QED) is 0.853. The fourth-order valence-electron chi connectivity index (χ4n) is 3.08. The van der Waals surface area contributed by atoms with Gasteiger partial charge in [-0.3, -0.25) is 4.79 Å². The van der Waals surface area contributed by atoms with Crippen molar-refractivity contribution in [1.82, 2.24) is 19.4 Å². The van der Waals surface area contributed by atoms with E-state index in [1.165, 1.54) is 16.4 Å². The minimum atomic E-state index is -3.30. The van der Waals surface area contributed by atoms with Crippen LogP contribution in [0.5, 0.6) is 0 Å². The third-order valence-electron chi connectivity index (χ3n) is 4.49. The number of aromatic nitrogens is 2. The van der Waals surface area contributed by atoms with E-state index in [9.17, 15) is 17.6 Å². The first-order valence-corrected chi connectivity index (χ1v) is 9.96. The molecule has 0 spiro atoms. The Morgan fingerprint density at radius 1 is 1.35 bits per heavy atom. The van der Waals surface area contributed by atoms with E-state index in [-0.39, 0.29) is 30.1 Å². The van der Waals surface area contributed by atoms with Gasteiger partial charge in [-0.25, -0.2) is 17.5 Å². The predicted molar refractivity (Wildman–Crippen MR) is 94.8 cm³/mol. The molecule has 0 unspecified atom stereocenters. The SMILES string of the molecule is Cc1c([C@@H](C)NC(=O)CN2CCCS2(=O)=O)cnn1-c1ccc(F)cc1. The maximum Gasteiger partial charge on any atom is 0.235 e. The van der Waals surface area contributed by atoms with Crippen LogP contribution in [-0.2, 0) is 14.8 Å². The van der Waals surface area contributed by atoms with Gasteiger partial charge in [0.15, 0.2) is 0 Å². The van der Waals surface area contributed by atoms with E-state index < -0.39 is 10.0 Å². The lowest BCUT2D eigenvalue weighted by molar-refractivity contribution is -0.121. The number of nitrogens with zero attached hydrogens (tertiary/aromatic N) is 3. The lowest BCUT2D eigenvalue weighted by Crippen LogP contribution is -2.39. The van der Waals surface area contributed by atoms with Crippen LogP contribution in [0.1, 0.15) is 30.6 Å². The second kappa shape index (κ2) is 7.16. The highest BCUT2D eigenvalue weighted by Crippen LogP contribution is 2.20. The highest BCUT2D eigenvalue weighted by molar-refractivity contribution is 7.89. The van der Waals surface area contributed by atoms with Crippen LogP contribution < -0.4 is 5.32 Å². The Kier molecular flexibility index (Phi) is 5.10. The minimum Gasteiger partial charge on any atom is -0.348 e. The van der Waals surface area contributed by atoms with Crippen molar-refractivity contribution < 1.29 is 17.6 Å². The molecular formula is C17H21FN4O3S. The Hall–Kier alpha value is -2.26. The summed E-state index contributed by atoms with van der Waals surface area (Å²) in [6, 6.07) is 5.64. The summed E-state index contributed by atoms with van der Waals surface area (Å²) < 4.78 is 39.6. The van der Waals surface area contributed by atoms with Gasteiger partial charge < -0.3 is 5.32 Å². The lowest BCUT2D eigenvalue weighted by Gasteiger charge is -2.17. The predicted octanol–water partition coefficient (Wildman–Crippen LogP) is 1.53. The zero-order chi connectivity index (χ0) is 18.9. The van der Waals surface area contributed by atoms with Crippen molar-refractivity contribution in [3.8, 4) is 5.69 Å². The minimum absolute atomic E-state index is 0.0966. The van der Waals surface area contributed by atoms with Crippen molar-refractivity contribution >= 4 is 15.9 Å². The highest BCUT2D eigenvalue weighted by Gasteiger charge is 2.30. The number of carbonyl (C=O) groups is 1. The third-order valence-corrected chi connectivity index (χ3v) is 6.39. The summed E-state index contributed by atoms with van der Waals surface area (Å²) in [7, 11) is -3.30. The molecule has 1 N–H and O–H groups in total. The number of hydrogen-bond acceptors (Lipinski definition) is 4. The zero-order valence-corrected chi connectivity index (χ0v) is 15.5. The van der Waals surface area contributed by atoms with Crippen molar-refractivity contribution in [3.05, 3.63) is 47.5 Å². The fraction of sp³-hybridized carbons (Fsp3) is 0.412. The first-order valence-electron chi connectivity index (χ1n) is 8.35. The Labute approximate surface area is 151 Å². The third kappa shape index (κ3) is 3.78. The normalized spacial score (nSPS) is 18.0. The van der Waals surface area contributed by atoms with Crippen molar-refractivity contribution in [1.29, 1.82) is 0 Å². The first kappa shape index (κ1) is 18.5. The fourth-order valence-corrected chi connectivity index (χ4v) is 4.56. The Bertz CT molecular complexity index is 909. The first-order chi connectivity index (χ1) is 12.3. The smallest absolute Gasteiger partial charge is 0.235 e. The molecular weight excluding hydrogens is 359 g/mol. The second-order valence-corrected chi connectivity index (χ2v) is 8.45. The molecule has 1 aliphatic heterocycles. The maximum atomic E-state index is 13.1. The molecule has 9 heteroatoms. The molecule has 1 aliphatic rings. The van der Waals surface area contributed by atoms with Gasteiger partial charge in [-0.1, -0.05) is 0 Å². The van der Waals surface area contributed by atoms with Crippen molar-refractivity contribution in [2.45, 2.75) is 26.3 Å². The molecule has 1 atom stereocenters. The van der Waals surface area contributed by atoms with Crippen LogP contribution in [0.2, 0.25) is 0 Å². The molecule has 0 saturated carbocycles. The summed E-state index contributed by atoms with van der Waals surface area (Å²) in [6.45, 7) is 3.89. The van der Waals surface area contributed by atoms with Crippen molar-refractivity contribution in [3.63, 3.8) is 0 Å². The molecule has 26 heavy (non-hydrogen) atoms.